The third kappa shape index (κ3) is 3.31. The van der Waals surface area contributed by atoms with Crippen LogP contribution in [-0.2, 0) is 4.74 Å². The lowest BCUT2D eigenvalue weighted by Crippen LogP contribution is -2.00. The number of para-hydroxylation sites is 1. The van der Waals surface area contributed by atoms with Gasteiger partial charge in [-0.15, -0.1) is 0 Å². The molecule has 0 aromatic heterocycles. The molecule has 17 heavy (non-hydrogen) atoms. The average molecular weight is 235 g/mol. The summed E-state index contributed by atoms with van der Waals surface area (Å²) in [5, 5.41) is 11.0. The van der Waals surface area contributed by atoms with E-state index in [1.54, 1.807) is 25.1 Å². The molecule has 1 rings (SSSR count). The van der Waals surface area contributed by atoms with Crippen molar-refractivity contribution in [2.75, 3.05) is 6.61 Å². The van der Waals surface area contributed by atoms with Crippen molar-refractivity contribution in [3.8, 4) is 0 Å². The fourth-order valence-electron chi connectivity index (χ4n) is 1.54. The molecule has 0 bridgehead atoms. The number of aryl methyl sites for hydroxylation is 1. The van der Waals surface area contributed by atoms with Gasteiger partial charge in [-0.3, -0.25) is 10.1 Å². The van der Waals surface area contributed by atoms with Crippen molar-refractivity contribution in [2.45, 2.75) is 26.7 Å². The summed E-state index contributed by atoms with van der Waals surface area (Å²) >= 11 is 0. The van der Waals surface area contributed by atoms with Gasteiger partial charge < -0.3 is 4.74 Å². The predicted molar refractivity (Wildman–Crippen MR) is 67.7 cm³/mol. The van der Waals surface area contributed by atoms with E-state index in [1.807, 2.05) is 0 Å². The second-order valence-corrected chi connectivity index (χ2v) is 3.85. The van der Waals surface area contributed by atoms with Crippen LogP contribution in [0.25, 0.3) is 5.76 Å². The second kappa shape index (κ2) is 6.03. The Morgan fingerprint density at radius 2 is 2.24 bits per heavy atom. The number of unbranched alkanes of at least 4 members (excludes halogenated alkanes) is 1. The van der Waals surface area contributed by atoms with Gasteiger partial charge in [0, 0.05) is 5.56 Å². The molecule has 4 heteroatoms. The van der Waals surface area contributed by atoms with Crippen molar-refractivity contribution in [1.29, 1.82) is 0 Å². The largest absolute Gasteiger partial charge is 0.493 e. The minimum atomic E-state index is -0.390. The lowest BCUT2D eigenvalue weighted by Gasteiger charge is -2.10. The van der Waals surface area contributed by atoms with Crippen molar-refractivity contribution in [1.82, 2.24) is 0 Å². The van der Waals surface area contributed by atoms with Crippen LogP contribution >= 0.6 is 0 Å². The number of nitrogens with zero attached hydrogens (tertiary/aromatic N) is 1. The van der Waals surface area contributed by atoms with Crippen LogP contribution in [0.15, 0.2) is 24.8 Å². The van der Waals surface area contributed by atoms with Gasteiger partial charge in [-0.25, -0.2) is 0 Å². The van der Waals surface area contributed by atoms with Crippen LogP contribution in [0.5, 0.6) is 0 Å². The molecule has 0 aliphatic carbocycles. The number of ether oxygens (including phenoxy) is 1. The summed E-state index contributed by atoms with van der Waals surface area (Å²) in [6, 6.07) is 5.15. The molecule has 1 aromatic carbocycles. The average Bonchev–Trinajstić information content (AvgIpc) is 2.28. The van der Waals surface area contributed by atoms with Gasteiger partial charge in [0.2, 0.25) is 0 Å². The first-order valence-electron chi connectivity index (χ1n) is 5.64. The lowest BCUT2D eigenvalue weighted by molar-refractivity contribution is -0.385. The molecule has 0 heterocycles. The Hall–Kier alpha value is -1.84. The standard InChI is InChI=1S/C13H17NO3/c1-4-5-9-17-11(3)12-8-6-7-10(2)13(12)14(15)16/h6-8H,3-5,9H2,1-2H3. The van der Waals surface area contributed by atoms with Crippen molar-refractivity contribution < 1.29 is 9.66 Å². The van der Waals surface area contributed by atoms with Crippen molar-refractivity contribution in [2.24, 2.45) is 0 Å². The molecule has 0 spiro atoms. The third-order valence-electron chi connectivity index (χ3n) is 2.49. The van der Waals surface area contributed by atoms with E-state index in [9.17, 15) is 10.1 Å². The van der Waals surface area contributed by atoms with Gasteiger partial charge in [0.25, 0.3) is 5.69 Å². The molecule has 0 atom stereocenters. The number of hydrogen-bond acceptors (Lipinski definition) is 3. The van der Waals surface area contributed by atoms with E-state index in [0.717, 1.165) is 12.8 Å². The molecule has 1 aromatic rings. The molecule has 0 aliphatic rings. The summed E-state index contributed by atoms with van der Waals surface area (Å²) < 4.78 is 5.42. The van der Waals surface area contributed by atoms with E-state index >= 15 is 0 Å². The van der Waals surface area contributed by atoms with E-state index in [1.165, 1.54) is 0 Å². The zero-order valence-corrected chi connectivity index (χ0v) is 10.2. The number of nitro groups is 1. The minimum absolute atomic E-state index is 0.0778. The van der Waals surface area contributed by atoms with Crippen LogP contribution in [0.1, 0.15) is 30.9 Å². The van der Waals surface area contributed by atoms with Gasteiger partial charge in [-0.05, 0) is 19.4 Å². The Bertz CT molecular complexity index is 427. The molecule has 0 aliphatic heterocycles. The Morgan fingerprint density at radius 1 is 1.53 bits per heavy atom. The normalized spacial score (nSPS) is 10.0. The molecular formula is C13H17NO3. The van der Waals surface area contributed by atoms with E-state index in [4.69, 9.17) is 4.74 Å². The summed E-state index contributed by atoms with van der Waals surface area (Å²) in [5.41, 5.74) is 1.16. The smallest absolute Gasteiger partial charge is 0.283 e. The highest BCUT2D eigenvalue weighted by atomic mass is 16.6. The van der Waals surface area contributed by atoms with Crippen molar-refractivity contribution in [3.63, 3.8) is 0 Å². The maximum Gasteiger partial charge on any atom is 0.283 e. The highest BCUT2D eigenvalue weighted by Gasteiger charge is 2.19. The zero-order chi connectivity index (χ0) is 12.8. The molecule has 0 radical (unpaired) electrons. The minimum Gasteiger partial charge on any atom is -0.493 e. The maximum atomic E-state index is 11.0. The highest BCUT2D eigenvalue weighted by molar-refractivity contribution is 5.68. The Morgan fingerprint density at radius 3 is 2.82 bits per heavy atom. The van der Waals surface area contributed by atoms with Gasteiger partial charge in [0.1, 0.15) is 5.76 Å². The number of hydrogen-bond donors (Lipinski definition) is 0. The SMILES string of the molecule is C=C(OCCCC)c1cccc(C)c1[N+](=O)[O-]. The molecule has 0 saturated heterocycles. The first-order valence-corrected chi connectivity index (χ1v) is 5.64. The van der Waals surface area contributed by atoms with Crippen LogP contribution < -0.4 is 0 Å². The van der Waals surface area contributed by atoms with E-state index in [2.05, 4.69) is 13.5 Å². The number of rotatable bonds is 6. The second-order valence-electron chi connectivity index (χ2n) is 3.85. The predicted octanol–water partition coefficient (Wildman–Crippen LogP) is 3.69. The third-order valence-corrected chi connectivity index (χ3v) is 2.49. The van der Waals surface area contributed by atoms with Crippen LogP contribution in [0, 0.1) is 17.0 Å². The Labute approximate surface area is 101 Å². The van der Waals surface area contributed by atoms with Crippen LogP contribution in [-0.4, -0.2) is 11.5 Å². The monoisotopic (exact) mass is 235 g/mol. The van der Waals surface area contributed by atoms with E-state index in [-0.39, 0.29) is 10.6 Å². The lowest BCUT2D eigenvalue weighted by atomic mass is 10.1. The Balaban J connectivity index is 2.93. The fourth-order valence-corrected chi connectivity index (χ4v) is 1.54. The quantitative estimate of drug-likeness (QED) is 0.327. The zero-order valence-electron chi connectivity index (χ0n) is 10.2. The molecule has 4 nitrogen and oxygen atoms in total. The first-order chi connectivity index (χ1) is 8.07. The summed E-state index contributed by atoms with van der Waals surface area (Å²) in [7, 11) is 0. The van der Waals surface area contributed by atoms with Gasteiger partial charge in [-0.2, -0.15) is 0 Å². The fraction of sp³-hybridized carbons (Fsp3) is 0.385. The number of nitro benzene ring substituents is 1. The molecule has 0 fully saturated rings. The Kier molecular flexibility index (Phi) is 4.69. The molecule has 0 unspecified atom stereocenters. The highest BCUT2D eigenvalue weighted by Crippen LogP contribution is 2.28. The molecular weight excluding hydrogens is 218 g/mol. The molecule has 0 N–H and O–H groups in total. The summed E-state index contributed by atoms with van der Waals surface area (Å²) in [6.45, 7) is 8.06. The van der Waals surface area contributed by atoms with Gasteiger partial charge in [-0.1, -0.05) is 32.1 Å². The van der Waals surface area contributed by atoms with Crippen molar-refractivity contribution >= 4 is 11.4 Å². The molecule has 92 valence electrons. The summed E-state index contributed by atoms with van der Waals surface area (Å²) in [6.07, 6.45) is 1.93. The molecule has 0 saturated carbocycles. The van der Waals surface area contributed by atoms with Crippen molar-refractivity contribution in [3.05, 3.63) is 46.0 Å². The van der Waals surface area contributed by atoms with Crippen LogP contribution in [0.3, 0.4) is 0 Å². The van der Waals surface area contributed by atoms with Gasteiger partial charge in [0.15, 0.2) is 0 Å². The summed E-state index contributed by atoms with van der Waals surface area (Å²) in [5.74, 6) is 0.369. The maximum absolute atomic E-state index is 11.0. The van der Waals surface area contributed by atoms with E-state index in [0.29, 0.717) is 23.5 Å². The molecule has 0 amide bonds. The van der Waals surface area contributed by atoms with E-state index < -0.39 is 0 Å². The first kappa shape index (κ1) is 13.2. The van der Waals surface area contributed by atoms with Gasteiger partial charge in [0.05, 0.1) is 17.1 Å². The van der Waals surface area contributed by atoms with Crippen LogP contribution in [0.4, 0.5) is 5.69 Å². The van der Waals surface area contributed by atoms with Gasteiger partial charge >= 0.3 is 0 Å². The van der Waals surface area contributed by atoms with Crippen LogP contribution in [0.2, 0.25) is 0 Å². The summed E-state index contributed by atoms with van der Waals surface area (Å²) in [4.78, 5) is 10.6. The number of benzene rings is 1. The topological polar surface area (TPSA) is 52.4 Å².